The molecule has 10 heteroatoms. The molecule has 1 saturated carbocycles. The van der Waals surface area contributed by atoms with Crippen LogP contribution in [-0.4, -0.2) is 38.7 Å². The van der Waals surface area contributed by atoms with Crippen LogP contribution in [0.25, 0.3) is 0 Å². The van der Waals surface area contributed by atoms with Gasteiger partial charge in [0.25, 0.3) is 5.91 Å². The summed E-state index contributed by atoms with van der Waals surface area (Å²) in [5, 5.41) is 10.3. The molecule has 1 aliphatic carbocycles. The summed E-state index contributed by atoms with van der Waals surface area (Å²) in [6.45, 7) is 4.29. The van der Waals surface area contributed by atoms with E-state index < -0.39 is 11.7 Å². The predicted molar refractivity (Wildman–Crippen MR) is 145 cm³/mol. The van der Waals surface area contributed by atoms with E-state index in [1.54, 1.807) is 23.7 Å². The first kappa shape index (κ1) is 26.5. The van der Waals surface area contributed by atoms with E-state index >= 15 is 0 Å². The number of likely N-dealkylation sites (tertiary alicyclic amines) is 1. The molecule has 0 radical (unpaired) electrons. The number of alkyl halides is 3. The minimum absolute atomic E-state index is 0.0590. The Morgan fingerprint density at radius 3 is 2.64 bits per heavy atom. The van der Waals surface area contributed by atoms with Crippen LogP contribution in [-0.2, 0) is 38.1 Å². The second-order valence-electron chi connectivity index (χ2n) is 11.7. The summed E-state index contributed by atoms with van der Waals surface area (Å²) in [5.74, 6) is 1.10. The molecule has 4 heterocycles. The van der Waals surface area contributed by atoms with Gasteiger partial charge >= 0.3 is 6.18 Å². The zero-order valence-corrected chi connectivity index (χ0v) is 23.2. The number of amides is 1. The largest absolute Gasteiger partial charge is 0.416 e. The number of anilines is 1. The van der Waals surface area contributed by atoms with Gasteiger partial charge in [-0.2, -0.15) is 13.2 Å². The lowest BCUT2D eigenvalue weighted by atomic mass is 9.80. The van der Waals surface area contributed by atoms with E-state index in [0.29, 0.717) is 23.7 Å². The van der Waals surface area contributed by atoms with Crippen molar-refractivity contribution in [1.29, 1.82) is 0 Å². The Balaban J connectivity index is 1.29. The topological polar surface area (TPSA) is 54.3 Å². The third-order valence-corrected chi connectivity index (χ3v) is 10.0. The zero-order chi connectivity index (χ0) is 27.4. The van der Waals surface area contributed by atoms with Gasteiger partial charge in [0.1, 0.15) is 12.2 Å². The molecule has 6 nitrogen and oxygen atoms in total. The SMILES string of the molecule is C[C@H]1CCCN(Cc2cc3c(c(C(F)(F)F)c2)CN(c2csc(C4(Cc5nncn5C)CCCC4)c2)C3=O)C1. The van der Waals surface area contributed by atoms with Crippen molar-refractivity contribution < 1.29 is 18.0 Å². The lowest BCUT2D eigenvalue weighted by Crippen LogP contribution is -2.33. The van der Waals surface area contributed by atoms with Crippen molar-refractivity contribution in [3.63, 3.8) is 0 Å². The fraction of sp³-hybridized carbons (Fsp3) is 0.552. The molecule has 1 amide bonds. The molecule has 39 heavy (non-hydrogen) atoms. The number of carbonyl (C=O) groups excluding carboxylic acids is 1. The number of benzene rings is 1. The molecule has 1 aromatic carbocycles. The van der Waals surface area contributed by atoms with Gasteiger partial charge in [-0.3, -0.25) is 9.69 Å². The monoisotopic (exact) mass is 557 g/mol. The minimum Gasteiger partial charge on any atom is -0.321 e. The highest BCUT2D eigenvalue weighted by Gasteiger charge is 2.42. The zero-order valence-electron chi connectivity index (χ0n) is 22.4. The highest BCUT2D eigenvalue weighted by molar-refractivity contribution is 7.10. The molecule has 2 fully saturated rings. The summed E-state index contributed by atoms with van der Waals surface area (Å²) < 4.78 is 44.7. The molecule has 3 aliphatic rings. The second kappa shape index (κ2) is 10.0. The van der Waals surface area contributed by atoms with Gasteiger partial charge in [-0.25, -0.2) is 0 Å². The van der Waals surface area contributed by atoms with Gasteiger partial charge in [0.15, 0.2) is 0 Å². The molecule has 1 saturated heterocycles. The van der Waals surface area contributed by atoms with Crippen LogP contribution < -0.4 is 4.90 Å². The Labute approximate surface area is 230 Å². The van der Waals surface area contributed by atoms with Crippen molar-refractivity contribution in [3.05, 3.63) is 62.9 Å². The van der Waals surface area contributed by atoms with E-state index in [-0.39, 0.29) is 29.0 Å². The number of nitrogens with zero attached hydrogens (tertiary/aromatic N) is 5. The van der Waals surface area contributed by atoms with E-state index in [2.05, 4.69) is 22.0 Å². The number of hydrogen-bond donors (Lipinski definition) is 0. The number of aromatic nitrogens is 3. The first-order valence-electron chi connectivity index (χ1n) is 13.8. The van der Waals surface area contributed by atoms with Crippen molar-refractivity contribution in [1.82, 2.24) is 19.7 Å². The maximum atomic E-state index is 14.2. The van der Waals surface area contributed by atoms with Crippen molar-refractivity contribution in [2.45, 2.75) is 76.6 Å². The number of thiophene rings is 1. The summed E-state index contributed by atoms with van der Waals surface area (Å²) in [4.78, 5) is 18.5. The van der Waals surface area contributed by atoms with Gasteiger partial charge in [-0.05, 0) is 67.5 Å². The number of piperidine rings is 1. The summed E-state index contributed by atoms with van der Waals surface area (Å²) in [5.41, 5.74) is 0.749. The summed E-state index contributed by atoms with van der Waals surface area (Å²) >= 11 is 1.60. The number of rotatable bonds is 6. The molecule has 0 spiro atoms. The first-order valence-corrected chi connectivity index (χ1v) is 14.7. The Kier molecular flexibility index (Phi) is 6.82. The molecule has 0 bridgehead atoms. The maximum Gasteiger partial charge on any atom is 0.416 e. The molecule has 208 valence electrons. The van der Waals surface area contributed by atoms with E-state index in [4.69, 9.17) is 0 Å². The molecule has 6 rings (SSSR count). The van der Waals surface area contributed by atoms with E-state index in [0.717, 1.165) is 68.7 Å². The number of aryl methyl sites for hydroxylation is 1. The molecule has 3 aromatic rings. The highest BCUT2D eigenvalue weighted by atomic mass is 32.1. The van der Waals surface area contributed by atoms with Crippen LogP contribution in [0.4, 0.5) is 18.9 Å². The van der Waals surface area contributed by atoms with Gasteiger partial charge in [-0.1, -0.05) is 19.8 Å². The molecular formula is C29H34F3N5OS. The quantitative estimate of drug-likeness (QED) is 0.355. The lowest BCUT2D eigenvalue weighted by molar-refractivity contribution is -0.138. The maximum absolute atomic E-state index is 14.2. The highest BCUT2D eigenvalue weighted by Crippen LogP contribution is 2.48. The molecule has 0 unspecified atom stereocenters. The third kappa shape index (κ3) is 5.01. The lowest BCUT2D eigenvalue weighted by Gasteiger charge is -2.31. The Morgan fingerprint density at radius 2 is 1.95 bits per heavy atom. The molecule has 1 atom stereocenters. The second-order valence-corrected chi connectivity index (χ2v) is 12.6. The van der Waals surface area contributed by atoms with Crippen LogP contribution in [0.15, 0.2) is 29.9 Å². The normalized spacial score (nSPS) is 21.6. The van der Waals surface area contributed by atoms with Crippen molar-refractivity contribution in [2.75, 3.05) is 18.0 Å². The summed E-state index contributed by atoms with van der Waals surface area (Å²) in [7, 11) is 1.94. The van der Waals surface area contributed by atoms with Crippen molar-refractivity contribution in [3.8, 4) is 0 Å². The summed E-state index contributed by atoms with van der Waals surface area (Å²) in [6, 6.07) is 4.99. The van der Waals surface area contributed by atoms with Crippen LogP contribution in [0.5, 0.6) is 0 Å². The molecule has 0 N–H and O–H groups in total. The van der Waals surface area contributed by atoms with Crippen molar-refractivity contribution >= 4 is 22.9 Å². The number of fused-ring (bicyclic) bond motifs is 1. The Bertz CT molecular complexity index is 1370. The Hall–Kier alpha value is -2.72. The predicted octanol–water partition coefficient (Wildman–Crippen LogP) is 6.34. The summed E-state index contributed by atoms with van der Waals surface area (Å²) in [6.07, 6.45) is 4.41. The smallest absolute Gasteiger partial charge is 0.321 e. The van der Waals surface area contributed by atoms with Gasteiger partial charge < -0.3 is 9.47 Å². The number of hydrogen-bond acceptors (Lipinski definition) is 5. The van der Waals surface area contributed by atoms with Gasteiger partial charge in [0.2, 0.25) is 0 Å². The van der Waals surface area contributed by atoms with Crippen LogP contribution in [0.2, 0.25) is 0 Å². The fourth-order valence-electron chi connectivity index (χ4n) is 6.79. The fourth-order valence-corrected chi connectivity index (χ4v) is 7.95. The van der Waals surface area contributed by atoms with E-state index in [1.165, 1.54) is 11.0 Å². The average molecular weight is 558 g/mol. The van der Waals surface area contributed by atoms with Crippen LogP contribution in [0.3, 0.4) is 0 Å². The van der Waals surface area contributed by atoms with Crippen LogP contribution in [0, 0.1) is 5.92 Å². The van der Waals surface area contributed by atoms with Gasteiger partial charge in [-0.15, -0.1) is 21.5 Å². The average Bonchev–Trinajstić information content (AvgIpc) is 3.68. The van der Waals surface area contributed by atoms with Gasteiger partial charge in [0.05, 0.1) is 17.8 Å². The molecular weight excluding hydrogens is 523 g/mol. The van der Waals surface area contributed by atoms with Gasteiger partial charge in [0, 0.05) is 47.8 Å². The number of halogens is 3. The number of carbonyl (C=O) groups is 1. The van der Waals surface area contributed by atoms with Crippen LogP contribution in [0.1, 0.15) is 83.2 Å². The standard InChI is InChI=1S/C29H34F3N5OS/c1-19-6-5-9-36(14-19)15-20-10-22-23(24(11-20)29(30,31)32)16-37(27(22)38)21-12-25(39-17-21)28(7-3-4-8-28)13-26-34-33-18-35(26)2/h10-12,17-19H,3-9,13-16H2,1-2H3/t19-/m0/s1. The van der Waals surface area contributed by atoms with E-state index in [1.807, 2.05) is 23.1 Å². The van der Waals surface area contributed by atoms with Crippen LogP contribution >= 0.6 is 11.3 Å². The third-order valence-electron chi connectivity index (χ3n) is 8.84. The molecule has 2 aromatic heterocycles. The van der Waals surface area contributed by atoms with E-state index in [9.17, 15) is 18.0 Å². The van der Waals surface area contributed by atoms with Crippen molar-refractivity contribution in [2.24, 2.45) is 13.0 Å². The minimum atomic E-state index is -4.52. The first-order chi connectivity index (χ1) is 18.6. The molecule has 2 aliphatic heterocycles. The Morgan fingerprint density at radius 1 is 1.15 bits per heavy atom.